The van der Waals surface area contributed by atoms with Crippen molar-refractivity contribution in [3.8, 4) is 0 Å². The summed E-state index contributed by atoms with van der Waals surface area (Å²) < 4.78 is 10.8. The van der Waals surface area contributed by atoms with Gasteiger partial charge in [-0.25, -0.2) is 14.8 Å². The quantitative estimate of drug-likeness (QED) is 0.744. The number of hydrogen-bond acceptors (Lipinski definition) is 6. The van der Waals surface area contributed by atoms with E-state index in [1.807, 2.05) is 20.8 Å². The Kier molecular flexibility index (Phi) is 5.07. The van der Waals surface area contributed by atoms with E-state index in [9.17, 15) is 9.59 Å². The van der Waals surface area contributed by atoms with Gasteiger partial charge >= 0.3 is 6.09 Å². The Morgan fingerprint density at radius 2 is 2.15 bits per heavy atom. The number of ether oxygens (including phenoxy) is 2. The van der Waals surface area contributed by atoms with Crippen LogP contribution >= 0.6 is 11.6 Å². The molecule has 3 rings (SSSR count). The minimum absolute atomic E-state index is 0.0537. The SMILES string of the molecule is COC[C@@H]1C[C@@H](N2Cc3cnc(Cl)nc3C2=O)CN1C(=O)OC(C)(C)C. The molecule has 2 atom stereocenters. The third kappa shape index (κ3) is 3.76. The molecule has 0 spiro atoms. The lowest BCUT2D eigenvalue weighted by molar-refractivity contribution is 0.0140. The fourth-order valence-corrected chi connectivity index (χ4v) is 3.52. The van der Waals surface area contributed by atoms with Crippen LogP contribution in [0.15, 0.2) is 6.20 Å². The molecule has 3 heterocycles. The van der Waals surface area contributed by atoms with E-state index in [2.05, 4.69) is 9.97 Å². The van der Waals surface area contributed by atoms with Gasteiger partial charge in [-0.1, -0.05) is 0 Å². The zero-order chi connectivity index (χ0) is 19.1. The van der Waals surface area contributed by atoms with Gasteiger partial charge < -0.3 is 19.3 Å². The summed E-state index contributed by atoms with van der Waals surface area (Å²) in [4.78, 5) is 36.6. The number of carbonyl (C=O) groups excluding carboxylic acids is 2. The maximum atomic E-state index is 12.7. The zero-order valence-electron chi connectivity index (χ0n) is 15.4. The van der Waals surface area contributed by atoms with Crippen molar-refractivity contribution in [1.29, 1.82) is 0 Å². The largest absolute Gasteiger partial charge is 0.444 e. The lowest BCUT2D eigenvalue weighted by Gasteiger charge is -2.28. The highest BCUT2D eigenvalue weighted by Crippen LogP contribution is 2.30. The van der Waals surface area contributed by atoms with E-state index in [1.54, 1.807) is 23.1 Å². The molecule has 2 aliphatic rings. The summed E-state index contributed by atoms with van der Waals surface area (Å²) in [5.74, 6) is -0.184. The van der Waals surface area contributed by atoms with Gasteiger partial charge in [0.15, 0.2) is 0 Å². The lowest BCUT2D eigenvalue weighted by atomic mass is 10.1. The van der Waals surface area contributed by atoms with Crippen LogP contribution in [0.1, 0.15) is 43.2 Å². The summed E-state index contributed by atoms with van der Waals surface area (Å²) in [6, 6.07) is -0.283. The predicted octanol–water partition coefficient (Wildman–Crippen LogP) is 2.11. The minimum atomic E-state index is -0.584. The first-order chi connectivity index (χ1) is 12.2. The molecular formula is C17H23ClN4O4. The van der Waals surface area contributed by atoms with Crippen molar-refractivity contribution in [1.82, 2.24) is 19.8 Å². The Balaban J connectivity index is 1.76. The number of methoxy groups -OCH3 is 1. The Hall–Kier alpha value is -1.93. The molecule has 1 saturated heterocycles. The monoisotopic (exact) mass is 382 g/mol. The number of hydrogen-bond donors (Lipinski definition) is 0. The van der Waals surface area contributed by atoms with Crippen molar-refractivity contribution < 1.29 is 19.1 Å². The first-order valence-electron chi connectivity index (χ1n) is 8.50. The van der Waals surface area contributed by atoms with E-state index in [4.69, 9.17) is 21.1 Å². The van der Waals surface area contributed by atoms with Gasteiger partial charge in [0, 0.05) is 25.4 Å². The molecule has 0 N–H and O–H groups in total. The summed E-state index contributed by atoms with van der Waals surface area (Å²) in [6.45, 7) is 6.67. The van der Waals surface area contributed by atoms with Crippen LogP contribution in [0.5, 0.6) is 0 Å². The second kappa shape index (κ2) is 7.00. The van der Waals surface area contributed by atoms with Gasteiger partial charge in [0.2, 0.25) is 5.28 Å². The summed E-state index contributed by atoms with van der Waals surface area (Å²) in [5.41, 5.74) is 0.501. The Bertz CT molecular complexity index is 721. The summed E-state index contributed by atoms with van der Waals surface area (Å²) in [7, 11) is 1.59. The number of nitrogens with zero attached hydrogens (tertiary/aromatic N) is 4. The minimum Gasteiger partial charge on any atom is -0.444 e. The zero-order valence-corrected chi connectivity index (χ0v) is 16.1. The number of aromatic nitrogens is 2. The number of rotatable bonds is 3. The second-order valence-corrected chi connectivity index (χ2v) is 7.92. The molecular weight excluding hydrogens is 360 g/mol. The Morgan fingerprint density at radius 3 is 2.81 bits per heavy atom. The first-order valence-corrected chi connectivity index (χ1v) is 8.88. The van der Waals surface area contributed by atoms with Gasteiger partial charge in [0.25, 0.3) is 5.91 Å². The molecule has 1 fully saturated rings. The number of likely N-dealkylation sites (tertiary alicyclic amines) is 1. The molecule has 0 bridgehead atoms. The fourth-order valence-electron chi connectivity index (χ4n) is 3.38. The molecule has 0 aromatic carbocycles. The van der Waals surface area contributed by atoms with Gasteiger partial charge in [0.1, 0.15) is 11.3 Å². The van der Waals surface area contributed by atoms with Crippen molar-refractivity contribution in [3.63, 3.8) is 0 Å². The number of fused-ring (bicyclic) bond motifs is 1. The van der Waals surface area contributed by atoms with E-state index < -0.39 is 11.7 Å². The van der Waals surface area contributed by atoms with Crippen molar-refractivity contribution in [3.05, 3.63) is 22.7 Å². The average molecular weight is 383 g/mol. The fraction of sp³-hybridized carbons (Fsp3) is 0.647. The van der Waals surface area contributed by atoms with Gasteiger partial charge in [-0.3, -0.25) is 4.79 Å². The van der Waals surface area contributed by atoms with E-state index in [1.165, 1.54) is 0 Å². The molecule has 1 aromatic heterocycles. The van der Waals surface area contributed by atoms with E-state index in [0.717, 1.165) is 5.56 Å². The normalized spacial score (nSPS) is 22.7. The third-order valence-corrected chi connectivity index (χ3v) is 4.64. The summed E-state index contributed by atoms with van der Waals surface area (Å²) >= 11 is 5.81. The third-order valence-electron chi connectivity index (χ3n) is 4.46. The second-order valence-electron chi connectivity index (χ2n) is 7.58. The maximum absolute atomic E-state index is 12.7. The molecule has 2 amide bonds. The van der Waals surface area contributed by atoms with Gasteiger partial charge in [0.05, 0.1) is 25.2 Å². The molecule has 0 saturated carbocycles. The Morgan fingerprint density at radius 1 is 1.42 bits per heavy atom. The highest BCUT2D eigenvalue weighted by Gasteiger charge is 2.44. The van der Waals surface area contributed by atoms with Crippen LogP contribution in [0.2, 0.25) is 5.28 Å². The number of halogens is 1. The molecule has 9 heteroatoms. The number of carbonyl (C=O) groups is 2. The summed E-state index contributed by atoms with van der Waals surface area (Å²) in [5, 5.41) is 0.0537. The van der Waals surface area contributed by atoms with E-state index in [-0.39, 0.29) is 23.3 Å². The number of amides is 2. The summed E-state index contributed by atoms with van der Waals surface area (Å²) in [6.07, 6.45) is 1.80. The van der Waals surface area contributed by atoms with E-state index in [0.29, 0.717) is 31.8 Å². The van der Waals surface area contributed by atoms with Crippen LogP contribution in [0, 0.1) is 0 Å². The van der Waals surface area contributed by atoms with Crippen molar-refractivity contribution in [2.45, 2.75) is 51.4 Å². The smallest absolute Gasteiger partial charge is 0.410 e. The highest BCUT2D eigenvalue weighted by atomic mass is 35.5. The van der Waals surface area contributed by atoms with E-state index >= 15 is 0 Å². The maximum Gasteiger partial charge on any atom is 0.410 e. The average Bonchev–Trinajstić information content (AvgIpc) is 3.08. The first kappa shape index (κ1) is 18.8. The predicted molar refractivity (Wildman–Crippen MR) is 93.9 cm³/mol. The Labute approximate surface area is 157 Å². The van der Waals surface area contributed by atoms with Crippen LogP contribution in [-0.4, -0.2) is 69.7 Å². The molecule has 0 aliphatic carbocycles. The molecule has 0 radical (unpaired) electrons. The van der Waals surface area contributed by atoms with Crippen molar-refractivity contribution >= 4 is 23.6 Å². The van der Waals surface area contributed by atoms with Gasteiger partial charge in [-0.05, 0) is 38.8 Å². The molecule has 1 aromatic rings. The van der Waals surface area contributed by atoms with Crippen LogP contribution in [0.3, 0.4) is 0 Å². The van der Waals surface area contributed by atoms with Crippen LogP contribution in [0.4, 0.5) is 4.79 Å². The topological polar surface area (TPSA) is 84.9 Å². The molecule has 142 valence electrons. The van der Waals surface area contributed by atoms with Crippen LogP contribution in [0.25, 0.3) is 0 Å². The standard InChI is InChI=1S/C17H23ClN4O4/c1-17(2,3)26-16(24)22-8-11(5-12(22)9-25-4)21-7-10-6-19-15(18)20-13(10)14(21)23/h6,11-12H,5,7-9H2,1-4H3/t11-,12+/m1/s1. The van der Waals surface area contributed by atoms with Crippen LogP contribution in [-0.2, 0) is 16.0 Å². The molecule has 2 aliphatic heterocycles. The van der Waals surface area contributed by atoms with Crippen LogP contribution < -0.4 is 0 Å². The molecule has 26 heavy (non-hydrogen) atoms. The van der Waals surface area contributed by atoms with Crippen molar-refractivity contribution in [2.24, 2.45) is 0 Å². The lowest BCUT2D eigenvalue weighted by Crippen LogP contribution is -2.43. The molecule has 8 nitrogen and oxygen atoms in total. The van der Waals surface area contributed by atoms with Gasteiger partial charge in [-0.15, -0.1) is 0 Å². The van der Waals surface area contributed by atoms with Gasteiger partial charge in [-0.2, -0.15) is 0 Å². The van der Waals surface area contributed by atoms with Crippen molar-refractivity contribution in [2.75, 3.05) is 20.3 Å². The highest BCUT2D eigenvalue weighted by molar-refractivity contribution is 6.28. The molecule has 0 unspecified atom stereocenters.